The second kappa shape index (κ2) is 12.3. The van der Waals surface area contributed by atoms with Gasteiger partial charge in [-0.3, -0.25) is 4.98 Å². The van der Waals surface area contributed by atoms with Crippen LogP contribution < -0.4 is 9.64 Å². The number of anilines is 1. The number of piperidine rings is 1. The Bertz CT molecular complexity index is 768. The Hall–Kier alpha value is -1.82. The Kier molecular flexibility index (Phi) is 9.44. The molecule has 2 saturated heterocycles. The molecule has 5 nitrogen and oxygen atoms in total. The van der Waals surface area contributed by atoms with Crippen molar-refractivity contribution in [2.75, 3.05) is 44.8 Å². The molecule has 1 atom stereocenters. The van der Waals surface area contributed by atoms with Gasteiger partial charge in [0.25, 0.3) is 0 Å². The maximum Gasteiger partial charge on any atom is 0.139 e. The summed E-state index contributed by atoms with van der Waals surface area (Å²) < 4.78 is 12.0. The second-order valence-electron chi connectivity index (χ2n) is 8.72. The van der Waals surface area contributed by atoms with Crippen LogP contribution in [-0.2, 0) is 11.3 Å². The number of nitrogens with zero attached hydrogens (tertiary/aromatic N) is 3. The van der Waals surface area contributed by atoms with Crippen LogP contribution in [0, 0.1) is 5.92 Å². The van der Waals surface area contributed by atoms with Crippen molar-refractivity contribution in [3.63, 3.8) is 0 Å². The van der Waals surface area contributed by atoms with Gasteiger partial charge in [-0.1, -0.05) is 30.3 Å². The van der Waals surface area contributed by atoms with Crippen LogP contribution in [0.5, 0.6) is 5.75 Å². The van der Waals surface area contributed by atoms with E-state index in [4.69, 9.17) is 9.47 Å². The van der Waals surface area contributed by atoms with Crippen molar-refractivity contribution in [3.8, 4) is 5.75 Å². The highest BCUT2D eigenvalue weighted by molar-refractivity contribution is 5.85. The van der Waals surface area contributed by atoms with Gasteiger partial charge in [0.1, 0.15) is 12.4 Å². The molecule has 0 N–H and O–H groups in total. The summed E-state index contributed by atoms with van der Waals surface area (Å²) >= 11 is 0. The number of halogens is 1. The molecule has 1 aromatic carbocycles. The lowest BCUT2D eigenvalue weighted by Gasteiger charge is -2.33. The molecule has 2 aromatic rings. The maximum absolute atomic E-state index is 6.07. The molecule has 0 spiro atoms. The Morgan fingerprint density at radius 1 is 1.03 bits per heavy atom. The number of hydrogen-bond acceptors (Lipinski definition) is 5. The summed E-state index contributed by atoms with van der Waals surface area (Å²) in [5, 5.41) is 0. The number of benzene rings is 1. The van der Waals surface area contributed by atoms with Gasteiger partial charge in [-0.05, 0) is 57.2 Å². The zero-order valence-corrected chi connectivity index (χ0v) is 19.4. The topological polar surface area (TPSA) is 37.8 Å². The largest absolute Gasteiger partial charge is 0.490 e. The predicted molar refractivity (Wildman–Crippen MR) is 128 cm³/mol. The third kappa shape index (κ3) is 7.09. The lowest BCUT2D eigenvalue weighted by molar-refractivity contribution is 0.104. The van der Waals surface area contributed by atoms with E-state index in [0.717, 1.165) is 51.0 Å². The van der Waals surface area contributed by atoms with E-state index in [9.17, 15) is 0 Å². The van der Waals surface area contributed by atoms with E-state index < -0.39 is 0 Å². The molecule has 4 rings (SSSR count). The van der Waals surface area contributed by atoms with Crippen molar-refractivity contribution < 1.29 is 9.47 Å². The standard InChI is InChI=1S/C25H35N3O2.ClH/c1-27-12-5-8-23(27)20-30-25-16-24(17-26-18-25)28-13-9-21(10-14-28)11-15-29-19-22-6-3-2-4-7-22;/h2-4,6-7,16-18,21,23H,5,8-15,19-20H2,1H3;1H/t23-;/m0./s1. The van der Waals surface area contributed by atoms with Gasteiger partial charge in [-0.15, -0.1) is 12.4 Å². The number of hydrogen-bond donors (Lipinski definition) is 0. The SMILES string of the molecule is CN1CCC[C@H]1COc1cncc(N2CCC(CCOCc3ccccc3)CC2)c1.Cl. The zero-order chi connectivity index (χ0) is 20.6. The number of likely N-dealkylation sites (tertiary alicyclic amines) is 1. The van der Waals surface area contributed by atoms with Crippen LogP contribution in [0.2, 0.25) is 0 Å². The molecule has 0 bridgehead atoms. The summed E-state index contributed by atoms with van der Waals surface area (Å²) in [6, 6.07) is 13.1. The first-order chi connectivity index (χ1) is 14.8. The first-order valence-electron chi connectivity index (χ1n) is 11.4. The van der Waals surface area contributed by atoms with E-state index in [1.165, 1.54) is 43.5 Å². The van der Waals surface area contributed by atoms with Crippen LogP contribution in [0.1, 0.15) is 37.7 Å². The van der Waals surface area contributed by atoms with E-state index in [1.54, 1.807) is 0 Å². The smallest absolute Gasteiger partial charge is 0.139 e. The van der Waals surface area contributed by atoms with Gasteiger partial charge < -0.3 is 19.3 Å². The fourth-order valence-electron chi connectivity index (χ4n) is 4.54. The summed E-state index contributed by atoms with van der Waals surface area (Å²) in [6.07, 6.45) is 9.89. The summed E-state index contributed by atoms with van der Waals surface area (Å²) in [6.45, 7) is 5.67. The van der Waals surface area contributed by atoms with Crippen LogP contribution in [-0.4, -0.2) is 55.8 Å². The van der Waals surface area contributed by atoms with Crippen LogP contribution >= 0.6 is 12.4 Å². The fourth-order valence-corrected chi connectivity index (χ4v) is 4.54. The predicted octanol–water partition coefficient (Wildman–Crippen LogP) is 4.80. The van der Waals surface area contributed by atoms with E-state index in [2.05, 4.69) is 52.2 Å². The maximum atomic E-state index is 6.07. The molecule has 6 heteroatoms. The Morgan fingerprint density at radius 2 is 1.84 bits per heavy atom. The molecule has 0 unspecified atom stereocenters. The second-order valence-corrected chi connectivity index (χ2v) is 8.72. The minimum Gasteiger partial charge on any atom is -0.490 e. The van der Waals surface area contributed by atoms with E-state index >= 15 is 0 Å². The van der Waals surface area contributed by atoms with Crippen molar-refractivity contribution in [1.82, 2.24) is 9.88 Å². The number of likely N-dealkylation sites (N-methyl/N-ethyl adjacent to an activating group) is 1. The lowest BCUT2D eigenvalue weighted by atomic mass is 9.94. The van der Waals surface area contributed by atoms with Gasteiger partial charge in [-0.25, -0.2) is 0 Å². The highest BCUT2D eigenvalue weighted by atomic mass is 35.5. The van der Waals surface area contributed by atoms with Crippen molar-refractivity contribution in [2.24, 2.45) is 5.92 Å². The van der Waals surface area contributed by atoms with E-state index in [1.807, 2.05) is 18.5 Å². The molecule has 0 radical (unpaired) electrons. The highest BCUT2D eigenvalue weighted by Gasteiger charge is 2.22. The Labute approximate surface area is 193 Å². The van der Waals surface area contributed by atoms with Crippen LogP contribution in [0.4, 0.5) is 5.69 Å². The fraction of sp³-hybridized carbons (Fsp3) is 0.560. The Balaban J connectivity index is 0.00000272. The molecule has 1 aromatic heterocycles. The minimum atomic E-state index is 0. The molecule has 31 heavy (non-hydrogen) atoms. The normalized spacial score (nSPS) is 19.9. The van der Waals surface area contributed by atoms with Gasteiger partial charge in [0.15, 0.2) is 0 Å². The Morgan fingerprint density at radius 3 is 2.58 bits per heavy atom. The molecule has 2 fully saturated rings. The summed E-state index contributed by atoms with van der Waals surface area (Å²) in [4.78, 5) is 9.27. The highest BCUT2D eigenvalue weighted by Crippen LogP contribution is 2.27. The van der Waals surface area contributed by atoms with E-state index in [0.29, 0.717) is 6.04 Å². The van der Waals surface area contributed by atoms with Crippen molar-refractivity contribution in [2.45, 2.75) is 44.8 Å². The van der Waals surface area contributed by atoms with Gasteiger partial charge in [0.05, 0.1) is 24.7 Å². The van der Waals surface area contributed by atoms with Gasteiger partial charge >= 0.3 is 0 Å². The van der Waals surface area contributed by atoms with Crippen LogP contribution in [0.15, 0.2) is 48.8 Å². The molecular weight excluding hydrogens is 410 g/mol. The molecule has 170 valence electrons. The first-order valence-corrected chi connectivity index (χ1v) is 11.4. The zero-order valence-electron chi connectivity index (χ0n) is 18.6. The lowest BCUT2D eigenvalue weighted by Crippen LogP contribution is -2.34. The first kappa shape index (κ1) is 23.8. The number of aromatic nitrogens is 1. The van der Waals surface area contributed by atoms with Gasteiger partial charge in [0, 0.05) is 31.8 Å². The average molecular weight is 446 g/mol. The van der Waals surface area contributed by atoms with Crippen LogP contribution in [0.25, 0.3) is 0 Å². The van der Waals surface area contributed by atoms with Gasteiger partial charge in [0.2, 0.25) is 0 Å². The minimum absolute atomic E-state index is 0. The monoisotopic (exact) mass is 445 g/mol. The number of rotatable bonds is 9. The summed E-state index contributed by atoms with van der Waals surface area (Å²) in [5.41, 5.74) is 2.44. The molecule has 2 aliphatic rings. The van der Waals surface area contributed by atoms with Gasteiger partial charge in [-0.2, -0.15) is 0 Å². The van der Waals surface area contributed by atoms with Crippen molar-refractivity contribution in [3.05, 3.63) is 54.4 Å². The van der Waals surface area contributed by atoms with Crippen molar-refractivity contribution in [1.29, 1.82) is 0 Å². The molecule has 0 saturated carbocycles. The van der Waals surface area contributed by atoms with E-state index in [-0.39, 0.29) is 12.4 Å². The number of ether oxygens (including phenoxy) is 2. The average Bonchev–Trinajstić information content (AvgIpc) is 3.21. The summed E-state index contributed by atoms with van der Waals surface area (Å²) in [5.74, 6) is 1.64. The molecular formula is C25H36ClN3O2. The number of pyridine rings is 1. The third-order valence-electron chi connectivity index (χ3n) is 6.57. The molecule has 2 aliphatic heterocycles. The van der Waals surface area contributed by atoms with Crippen LogP contribution in [0.3, 0.4) is 0 Å². The molecule has 0 amide bonds. The third-order valence-corrected chi connectivity index (χ3v) is 6.57. The molecule has 0 aliphatic carbocycles. The van der Waals surface area contributed by atoms with Crippen molar-refractivity contribution >= 4 is 18.1 Å². The molecule has 3 heterocycles. The summed E-state index contributed by atoms with van der Waals surface area (Å²) in [7, 11) is 2.19. The quantitative estimate of drug-likeness (QED) is 0.518.